The van der Waals surface area contributed by atoms with E-state index in [0.29, 0.717) is 31.6 Å². The van der Waals surface area contributed by atoms with Gasteiger partial charge in [0.15, 0.2) is 0 Å². The van der Waals surface area contributed by atoms with Gasteiger partial charge in [-0.3, -0.25) is 9.59 Å². The van der Waals surface area contributed by atoms with Gasteiger partial charge in [-0.2, -0.15) is 0 Å². The van der Waals surface area contributed by atoms with Crippen LogP contribution in [0.15, 0.2) is 78.9 Å². The highest BCUT2D eigenvalue weighted by molar-refractivity contribution is 5.95. The lowest BCUT2D eigenvalue weighted by molar-refractivity contribution is -0.124. The Bertz CT molecular complexity index is 1050. The van der Waals surface area contributed by atoms with Crippen molar-refractivity contribution in [2.24, 2.45) is 5.92 Å². The van der Waals surface area contributed by atoms with E-state index in [9.17, 15) is 14.0 Å². The molecule has 0 spiro atoms. The Hall–Kier alpha value is -3.47. The topological polar surface area (TPSA) is 49.4 Å². The van der Waals surface area contributed by atoms with E-state index in [1.165, 1.54) is 18.2 Å². The Labute approximate surface area is 175 Å². The molecule has 1 aliphatic heterocycles. The van der Waals surface area contributed by atoms with E-state index in [2.05, 4.69) is 23.5 Å². The standard InChI is InChI=1S/C25H23FN2O2/c26-23-11-5-10-21(16-23)25(30)28-13-12-27-24(29)22(17-28)15-18-6-4-9-20(14-18)19-7-2-1-3-8-19/h1-11,14,16,22H,12-13,15,17H2,(H,27,29)/t22-/m1/s1. The van der Waals surface area contributed by atoms with Crippen molar-refractivity contribution in [3.8, 4) is 11.1 Å². The minimum absolute atomic E-state index is 0.0605. The van der Waals surface area contributed by atoms with Crippen molar-refractivity contribution in [2.75, 3.05) is 19.6 Å². The van der Waals surface area contributed by atoms with Crippen LogP contribution in [0.3, 0.4) is 0 Å². The van der Waals surface area contributed by atoms with Crippen LogP contribution in [-0.2, 0) is 11.2 Å². The molecule has 0 aromatic heterocycles. The molecule has 1 aliphatic rings. The third kappa shape index (κ3) is 4.57. The Balaban J connectivity index is 1.53. The summed E-state index contributed by atoms with van der Waals surface area (Å²) in [6.45, 7) is 1.10. The van der Waals surface area contributed by atoms with Crippen molar-refractivity contribution in [1.29, 1.82) is 0 Å². The summed E-state index contributed by atoms with van der Waals surface area (Å²) in [5.74, 6) is -1.13. The lowest BCUT2D eigenvalue weighted by Gasteiger charge is -2.23. The molecule has 4 nitrogen and oxygen atoms in total. The van der Waals surface area contributed by atoms with Crippen LogP contribution in [0.1, 0.15) is 15.9 Å². The molecule has 0 saturated carbocycles. The van der Waals surface area contributed by atoms with Crippen molar-refractivity contribution in [2.45, 2.75) is 6.42 Å². The molecule has 1 saturated heterocycles. The fourth-order valence-electron chi connectivity index (χ4n) is 3.84. The largest absolute Gasteiger partial charge is 0.354 e. The summed E-state index contributed by atoms with van der Waals surface area (Å²) >= 11 is 0. The molecule has 0 aliphatic carbocycles. The Morgan fingerprint density at radius 2 is 1.73 bits per heavy atom. The first-order valence-electron chi connectivity index (χ1n) is 10.1. The first kappa shape index (κ1) is 19.8. The smallest absolute Gasteiger partial charge is 0.254 e. The number of rotatable bonds is 4. The molecule has 5 heteroatoms. The van der Waals surface area contributed by atoms with Crippen LogP contribution >= 0.6 is 0 Å². The van der Waals surface area contributed by atoms with E-state index in [0.717, 1.165) is 16.7 Å². The molecule has 1 heterocycles. The number of benzene rings is 3. The number of carbonyl (C=O) groups excluding carboxylic acids is 2. The maximum absolute atomic E-state index is 13.5. The molecule has 0 radical (unpaired) electrons. The van der Waals surface area contributed by atoms with E-state index < -0.39 is 5.82 Å². The van der Waals surface area contributed by atoms with Gasteiger partial charge in [0.1, 0.15) is 5.82 Å². The number of hydrogen-bond donors (Lipinski definition) is 1. The van der Waals surface area contributed by atoms with Crippen LogP contribution in [0.2, 0.25) is 0 Å². The molecular weight excluding hydrogens is 379 g/mol. The number of hydrogen-bond acceptors (Lipinski definition) is 2. The summed E-state index contributed by atoms with van der Waals surface area (Å²) in [6.07, 6.45) is 0.527. The van der Waals surface area contributed by atoms with Crippen LogP contribution < -0.4 is 5.32 Å². The average molecular weight is 402 g/mol. The number of nitrogens with one attached hydrogen (secondary N) is 1. The van der Waals surface area contributed by atoms with Crippen LogP contribution in [0.4, 0.5) is 4.39 Å². The quantitative estimate of drug-likeness (QED) is 0.719. The van der Waals surface area contributed by atoms with E-state index in [1.54, 1.807) is 11.0 Å². The third-order valence-electron chi connectivity index (χ3n) is 5.37. The first-order valence-corrected chi connectivity index (χ1v) is 10.1. The van der Waals surface area contributed by atoms with E-state index in [1.807, 2.05) is 36.4 Å². The van der Waals surface area contributed by atoms with Crippen molar-refractivity contribution < 1.29 is 14.0 Å². The van der Waals surface area contributed by atoms with Gasteiger partial charge < -0.3 is 10.2 Å². The molecule has 1 N–H and O–H groups in total. The minimum atomic E-state index is -0.445. The molecule has 3 aromatic carbocycles. The Morgan fingerprint density at radius 3 is 2.53 bits per heavy atom. The van der Waals surface area contributed by atoms with Crippen molar-refractivity contribution in [3.05, 3.63) is 95.8 Å². The van der Waals surface area contributed by atoms with Crippen LogP contribution in [-0.4, -0.2) is 36.3 Å². The number of nitrogens with zero attached hydrogens (tertiary/aromatic N) is 1. The predicted octanol–water partition coefficient (Wildman–Crippen LogP) is 3.92. The summed E-state index contributed by atoms with van der Waals surface area (Å²) in [5.41, 5.74) is 3.55. The summed E-state index contributed by atoms with van der Waals surface area (Å²) in [4.78, 5) is 27.1. The molecule has 1 fully saturated rings. The summed E-state index contributed by atoms with van der Waals surface area (Å²) in [7, 11) is 0. The molecule has 0 bridgehead atoms. The van der Waals surface area contributed by atoms with Gasteiger partial charge in [-0.05, 0) is 41.3 Å². The average Bonchev–Trinajstić information content (AvgIpc) is 2.95. The van der Waals surface area contributed by atoms with E-state index in [4.69, 9.17) is 0 Å². The zero-order valence-corrected chi connectivity index (χ0v) is 16.6. The van der Waals surface area contributed by atoms with Crippen LogP contribution in [0.25, 0.3) is 11.1 Å². The first-order chi connectivity index (χ1) is 14.6. The molecule has 1 atom stereocenters. The highest BCUT2D eigenvalue weighted by Gasteiger charge is 2.28. The number of amides is 2. The normalized spacial score (nSPS) is 16.6. The van der Waals surface area contributed by atoms with Crippen molar-refractivity contribution in [3.63, 3.8) is 0 Å². The molecule has 0 unspecified atom stereocenters. The summed E-state index contributed by atoms with van der Waals surface area (Å²) in [6, 6.07) is 23.9. The third-order valence-corrected chi connectivity index (χ3v) is 5.37. The van der Waals surface area contributed by atoms with Gasteiger partial charge in [-0.1, -0.05) is 60.7 Å². The fourth-order valence-corrected chi connectivity index (χ4v) is 3.84. The zero-order valence-electron chi connectivity index (χ0n) is 16.6. The second-order valence-corrected chi connectivity index (χ2v) is 7.52. The molecule has 3 aromatic rings. The number of halogens is 1. The van der Waals surface area contributed by atoms with Crippen molar-refractivity contribution >= 4 is 11.8 Å². The highest BCUT2D eigenvalue weighted by atomic mass is 19.1. The van der Waals surface area contributed by atoms with Crippen molar-refractivity contribution in [1.82, 2.24) is 10.2 Å². The lowest BCUT2D eigenvalue weighted by atomic mass is 9.95. The predicted molar refractivity (Wildman–Crippen MR) is 114 cm³/mol. The molecule has 2 amide bonds. The minimum Gasteiger partial charge on any atom is -0.354 e. The second-order valence-electron chi connectivity index (χ2n) is 7.52. The molecule has 30 heavy (non-hydrogen) atoms. The maximum Gasteiger partial charge on any atom is 0.254 e. The molecule has 4 rings (SSSR count). The van der Waals surface area contributed by atoms with E-state index >= 15 is 0 Å². The molecular formula is C25H23FN2O2. The van der Waals surface area contributed by atoms with Gasteiger partial charge in [0, 0.05) is 25.2 Å². The van der Waals surface area contributed by atoms with Gasteiger partial charge in [0.25, 0.3) is 5.91 Å². The highest BCUT2D eigenvalue weighted by Crippen LogP contribution is 2.22. The Kier molecular flexibility index (Phi) is 5.89. The van der Waals surface area contributed by atoms with Gasteiger partial charge in [0.2, 0.25) is 5.91 Å². The fraction of sp³-hybridized carbons (Fsp3) is 0.200. The lowest BCUT2D eigenvalue weighted by Crippen LogP contribution is -2.37. The van der Waals surface area contributed by atoms with E-state index in [-0.39, 0.29) is 17.7 Å². The Morgan fingerprint density at radius 1 is 0.967 bits per heavy atom. The second kappa shape index (κ2) is 8.91. The van der Waals surface area contributed by atoms with Gasteiger partial charge in [-0.25, -0.2) is 4.39 Å². The van der Waals surface area contributed by atoms with Crippen LogP contribution in [0, 0.1) is 11.7 Å². The van der Waals surface area contributed by atoms with Gasteiger partial charge in [-0.15, -0.1) is 0 Å². The summed E-state index contributed by atoms with van der Waals surface area (Å²) in [5, 5.41) is 2.90. The monoisotopic (exact) mass is 402 g/mol. The number of carbonyl (C=O) groups is 2. The summed E-state index contributed by atoms with van der Waals surface area (Å²) < 4.78 is 13.5. The van der Waals surface area contributed by atoms with Crippen LogP contribution in [0.5, 0.6) is 0 Å². The maximum atomic E-state index is 13.5. The zero-order chi connectivity index (χ0) is 20.9. The van der Waals surface area contributed by atoms with Gasteiger partial charge >= 0.3 is 0 Å². The SMILES string of the molecule is O=C1NCCN(C(=O)c2cccc(F)c2)C[C@H]1Cc1cccc(-c2ccccc2)c1. The van der Waals surface area contributed by atoms with Gasteiger partial charge in [0.05, 0.1) is 5.92 Å². The molecule has 152 valence electrons.